The van der Waals surface area contributed by atoms with Gasteiger partial charge in [-0.3, -0.25) is 0 Å². The molecule has 6 nitrogen and oxygen atoms in total. The summed E-state index contributed by atoms with van der Waals surface area (Å²) in [6.45, 7) is 3.95. The van der Waals surface area contributed by atoms with Crippen LogP contribution in [0.15, 0.2) is 34.1 Å². The summed E-state index contributed by atoms with van der Waals surface area (Å²) in [4.78, 5) is 32.0. The summed E-state index contributed by atoms with van der Waals surface area (Å²) < 4.78 is 4.66. The Kier molecular flexibility index (Phi) is 9.88. The van der Waals surface area contributed by atoms with Crippen LogP contribution in [-0.4, -0.2) is 46.6 Å². The Morgan fingerprint density at radius 1 is 0.926 bits per heavy atom. The van der Waals surface area contributed by atoms with Gasteiger partial charge in [-0.15, -0.1) is 23.5 Å². The van der Waals surface area contributed by atoms with Crippen LogP contribution in [0.25, 0.3) is 0 Å². The molecule has 0 aromatic carbocycles. The molecule has 0 aliphatic carbocycles. The number of nitrogens with zero attached hydrogens (tertiary/aromatic N) is 2. The molecule has 1 N–H and O–H groups in total. The van der Waals surface area contributed by atoms with E-state index in [1.807, 2.05) is 44.6 Å². The number of rotatable bonds is 6. The number of ether oxygens (including phenoxy) is 1. The number of carboxylic acid groups (broad SMARTS) is 1. The molecule has 2 aromatic rings. The standard InChI is InChI=1S/C10H13NO2S.C9H11NO2S/c1-4-7-5-6-8(14-3)9(11-7)10(12)13-2;1-3-6-4-5-7(13-2)8(10-6)9(11)12/h5-6H,4H2,1-3H3;4-5H,3H2,1-2H3,(H,11,12). The van der Waals surface area contributed by atoms with E-state index in [0.717, 1.165) is 29.1 Å². The van der Waals surface area contributed by atoms with E-state index in [9.17, 15) is 9.59 Å². The Labute approximate surface area is 168 Å². The van der Waals surface area contributed by atoms with Crippen molar-refractivity contribution in [3.05, 3.63) is 47.0 Å². The quantitative estimate of drug-likeness (QED) is 0.561. The number of hydrogen-bond donors (Lipinski definition) is 1. The lowest BCUT2D eigenvalue weighted by molar-refractivity contribution is 0.0588. The highest BCUT2D eigenvalue weighted by Crippen LogP contribution is 2.20. The lowest BCUT2D eigenvalue weighted by Gasteiger charge is -2.05. The predicted molar refractivity (Wildman–Crippen MR) is 109 cm³/mol. The molecule has 0 atom stereocenters. The molecule has 0 unspecified atom stereocenters. The molecule has 2 heterocycles. The number of carbonyl (C=O) groups excluding carboxylic acids is 1. The Bertz CT molecular complexity index is 797. The van der Waals surface area contributed by atoms with Crippen LogP contribution in [0.2, 0.25) is 0 Å². The van der Waals surface area contributed by atoms with Gasteiger partial charge in [0.15, 0.2) is 11.4 Å². The number of pyridine rings is 2. The number of carboxylic acids is 1. The van der Waals surface area contributed by atoms with Gasteiger partial charge in [0.1, 0.15) is 0 Å². The molecule has 0 saturated heterocycles. The zero-order valence-corrected chi connectivity index (χ0v) is 17.7. The molecule has 0 aliphatic rings. The first-order chi connectivity index (χ1) is 12.9. The van der Waals surface area contributed by atoms with Gasteiger partial charge in [0.05, 0.1) is 7.11 Å². The molecule has 146 valence electrons. The predicted octanol–water partition coefficient (Wildman–Crippen LogP) is 4.22. The highest BCUT2D eigenvalue weighted by atomic mass is 32.2. The van der Waals surface area contributed by atoms with Crippen LogP contribution in [0.4, 0.5) is 0 Å². The summed E-state index contributed by atoms with van der Waals surface area (Å²) >= 11 is 2.89. The second-order valence-electron chi connectivity index (χ2n) is 5.21. The summed E-state index contributed by atoms with van der Waals surface area (Å²) in [6, 6.07) is 7.50. The Morgan fingerprint density at radius 2 is 1.37 bits per heavy atom. The molecule has 0 aliphatic heterocycles. The largest absolute Gasteiger partial charge is 0.476 e. The minimum atomic E-state index is -0.959. The van der Waals surface area contributed by atoms with Crippen LogP contribution in [-0.2, 0) is 17.6 Å². The maximum atomic E-state index is 11.4. The van der Waals surface area contributed by atoms with Crippen molar-refractivity contribution in [3.8, 4) is 0 Å². The zero-order valence-electron chi connectivity index (χ0n) is 16.1. The number of thioether (sulfide) groups is 2. The lowest BCUT2D eigenvalue weighted by atomic mass is 10.2. The third kappa shape index (κ3) is 6.55. The van der Waals surface area contributed by atoms with Crippen molar-refractivity contribution in [2.24, 2.45) is 0 Å². The molecule has 8 heteroatoms. The molecular formula is C19H24N2O4S2. The molecule has 2 rings (SSSR count). The molecule has 0 saturated carbocycles. The molecule has 2 aromatic heterocycles. The maximum absolute atomic E-state index is 11.4. The van der Waals surface area contributed by atoms with E-state index in [2.05, 4.69) is 14.7 Å². The number of hydrogen-bond acceptors (Lipinski definition) is 7. The minimum absolute atomic E-state index is 0.159. The summed E-state index contributed by atoms with van der Waals surface area (Å²) in [5.41, 5.74) is 2.30. The van der Waals surface area contributed by atoms with E-state index in [1.165, 1.54) is 30.6 Å². The average molecular weight is 409 g/mol. The molecule has 0 fully saturated rings. The number of aromatic nitrogens is 2. The van der Waals surface area contributed by atoms with E-state index in [1.54, 1.807) is 6.07 Å². The van der Waals surface area contributed by atoms with E-state index in [0.29, 0.717) is 10.6 Å². The molecule has 0 amide bonds. The second-order valence-corrected chi connectivity index (χ2v) is 6.91. The van der Waals surface area contributed by atoms with E-state index in [-0.39, 0.29) is 11.7 Å². The maximum Gasteiger partial charge on any atom is 0.357 e. The van der Waals surface area contributed by atoms with Crippen LogP contribution in [0.5, 0.6) is 0 Å². The van der Waals surface area contributed by atoms with E-state index in [4.69, 9.17) is 5.11 Å². The summed E-state index contributed by atoms with van der Waals surface area (Å²) in [5, 5.41) is 8.84. The Balaban J connectivity index is 0.000000271. The number of methoxy groups -OCH3 is 1. The van der Waals surface area contributed by atoms with E-state index >= 15 is 0 Å². The van der Waals surface area contributed by atoms with Gasteiger partial charge in [-0.2, -0.15) is 0 Å². The van der Waals surface area contributed by atoms with Crippen molar-refractivity contribution in [1.82, 2.24) is 9.97 Å². The van der Waals surface area contributed by atoms with Gasteiger partial charge in [0.25, 0.3) is 0 Å². The minimum Gasteiger partial charge on any atom is -0.476 e. The smallest absolute Gasteiger partial charge is 0.357 e. The van der Waals surface area contributed by atoms with E-state index < -0.39 is 5.97 Å². The molecular weight excluding hydrogens is 384 g/mol. The van der Waals surface area contributed by atoms with Gasteiger partial charge >= 0.3 is 11.9 Å². The zero-order chi connectivity index (χ0) is 20.4. The monoisotopic (exact) mass is 408 g/mol. The van der Waals surface area contributed by atoms with Crippen molar-refractivity contribution in [2.45, 2.75) is 36.5 Å². The van der Waals surface area contributed by atoms with Crippen molar-refractivity contribution >= 4 is 35.5 Å². The van der Waals surface area contributed by atoms with Gasteiger partial charge in [-0.05, 0) is 49.6 Å². The number of aryl methyl sites for hydroxylation is 2. The van der Waals surface area contributed by atoms with Crippen LogP contribution in [0.3, 0.4) is 0 Å². The summed E-state index contributed by atoms with van der Waals surface area (Å²) in [5.74, 6) is -1.33. The third-order valence-corrected chi connectivity index (χ3v) is 5.12. The summed E-state index contributed by atoms with van der Waals surface area (Å²) in [6.07, 6.45) is 5.33. The van der Waals surface area contributed by atoms with Crippen LogP contribution in [0, 0.1) is 0 Å². The molecule has 0 radical (unpaired) electrons. The van der Waals surface area contributed by atoms with Crippen LogP contribution in [0.1, 0.15) is 46.2 Å². The number of carbonyl (C=O) groups is 2. The van der Waals surface area contributed by atoms with Crippen molar-refractivity contribution in [1.29, 1.82) is 0 Å². The Morgan fingerprint density at radius 3 is 1.74 bits per heavy atom. The topological polar surface area (TPSA) is 89.4 Å². The fourth-order valence-corrected chi connectivity index (χ4v) is 3.15. The SMILES string of the molecule is CCc1ccc(SC)c(C(=O)O)n1.CCc1ccc(SC)c(C(=O)OC)n1. The first-order valence-electron chi connectivity index (χ1n) is 8.31. The van der Waals surface area contributed by atoms with Gasteiger partial charge < -0.3 is 9.84 Å². The van der Waals surface area contributed by atoms with Gasteiger partial charge in [-0.25, -0.2) is 19.6 Å². The first kappa shape index (κ1) is 23.0. The molecule has 27 heavy (non-hydrogen) atoms. The highest BCUT2D eigenvalue weighted by Gasteiger charge is 2.13. The number of esters is 1. The fraction of sp³-hybridized carbons (Fsp3) is 0.368. The van der Waals surface area contributed by atoms with Crippen molar-refractivity contribution < 1.29 is 19.4 Å². The molecule has 0 bridgehead atoms. The Hall–Kier alpha value is -2.06. The molecule has 0 spiro atoms. The second kappa shape index (κ2) is 11.6. The first-order valence-corrected chi connectivity index (χ1v) is 10.8. The van der Waals surface area contributed by atoms with Crippen molar-refractivity contribution in [2.75, 3.05) is 19.6 Å². The van der Waals surface area contributed by atoms with Crippen molar-refractivity contribution in [3.63, 3.8) is 0 Å². The van der Waals surface area contributed by atoms with Gasteiger partial charge in [-0.1, -0.05) is 13.8 Å². The fourth-order valence-electron chi connectivity index (χ4n) is 2.09. The lowest BCUT2D eigenvalue weighted by Crippen LogP contribution is -2.07. The van der Waals surface area contributed by atoms with Gasteiger partial charge in [0.2, 0.25) is 0 Å². The normalized spacial score (nSPS) is 9.96. The van der Waals surface area contributed by atoms with Crippen LogP contribution >= 0.6 is 23.5 Å². The average Bonchev–Trinajstić information content (AvgIpc) is 2.72. The third-order valence-electron chi connectivity index (χ3n) is 3.58. The number of aromatic carboxylic acids is 1. The summed E-state index contributed by atoms with van der Waals surface area (Å²) in [7, 11) is 1.37. The highest BCUT2D eigenvalue weighted by molar-refractivity contribution is 7.98. The van der Waals surface area contributed by atoms with Gasteiger partial charge in [0, 0.05) is 21.2 Å². The van der Waals surface area contributed by atoms with Crippen LogP contribution < -0.4 is 0 Å².